The summed E-state index contributed by atoms with van der Waals surface area (Å²) in [5, 5.41) is 7.79. The summed E-state index contributed by atoms with van der Waals surface area (Å²) in [4.78, 5) is 60.8. The number of methoxy groups -OCH3 is 1. The fourth-order valence-corrected chi connectivity index (χ4v) is 13.3. The molecule has 1 aliphatic carbocycles. The molecule has 16 heteroatoms. The summed E-state index contributed by atoms with van der Waals surface area (Å²) in [5.41, 5.74) is 5.53. The number of allylic oxidation sites excluding steroid dienone is 2. The molecule has 2 N–H and O–H groups in total. The highest BCUT2D eigenvalue weighted by molar-refractivity contribution is 6.23. The molecule has 5 saturated heterocycles. The van der Waals surface area contributed by atoms with E-state index in [2.05, 4.69) is 69.4 Å². The maximum absolute atomic E-state index is 16.9. The number of hydrogen-bond donors (Lipinski definition) is 2. The quantitative estimate of drug-likeness (QED) is 0.0501. The van der Waals surface area contributed by atoms with Crippen LogP contribution in [0.2, 0.25) is 0 Å². The van der Waals surface area contributed by atoms with Crippen molar-refractivity contribution in [3.05, 3.63) is 119 Å². The van der Waals surface area contributed by atoms with Crippen molar-refractivity contribution in [1.82, 2.24) is 35.4 Å². The monoisotopic (exact) mass is 1090 g/mol. The number of terminal acetylenes is 1. The fourth-order valence-electron chi connectivity index (χ4n) is 13.3. The first-order chi connectivity index (χ1) is 38.7. The van der Waals surface area contributed by atoms with Crippen LogP contribution in [0.3, 0.4) is 0 Å². The van der Waals surface area contributed by atoms with Gasteiger partial charge in [0.2, 0.25) is 5.91 Å². The topological polar surface area (TPSA) is 145 Å². The van der Waals surface area contributed by atoms with E-state index in [0.29, 0.717) is 94.2 Å². The number of carbonyl (C=O) groups excluding carboxylic acids is 3. The zero-order valence-electron chi connectivity index (χ0n) is 46.4. The van der Waals surface area contributed by atoms with Gasteiger partial charge in [-0.25, -0.2) is 8.78 Å². The molecule has 0 bridgehead atoms. The van der Waals surface area contributed by atoms with E-state index in [-0.39, 0.29) is 46.0 Å². The first-order valence-corrected chi connectivity index (χ1v) is 28.7. The van der Waals surface area contributed by atoms with E-state index >= 15 is 4.39 Å². The summed E-state index contributed by atoms with van der Waals surface area (Å²) in [6.45, 7) is 18.8. The molecule has 5 aromatic rings. The first-order valence-electron chi connectivity index (χ1n) is 28.7. The lowest BCUT2D eigenvalue weighted by atomic mass is 9.92. The zero-order valence-corrected chi connectivity index (χ0v) is 46.4. The van der Waals surface area contributed by atoms with Gasteiger partial charge in [-0.05, 0) is 137 Å². The molecule has 3 unspecified atom stereocenters. The minimum absolute atomic E-state index is 0.0495. The fraction of sp³-hybridized carbons (Fsp3) is 0.469. The SMILES string of the molecule is C#Cc1c(F)ccc2cccc(-c3ncc4c(N5CC(C)CCC(C)C5)nc(OC[C@@]56CC[C@@H](COC)N5CC(=C)C6)nc4c3F)c12.C=C1CCC(N2C(=O)c3ccc(N4CCC(CCNC=C5CCC5)CC4)cc3C2=O)C(=O)N1. The van der Waals surface area contributed by atoms with Crippen LogP contribution in [0.25, 0.3) is 32.9 Å². The highest BCUT2D eigenvalue weighted by Crippen LogP contribution is 2.45. The average Bonchev–Trinajstić information content (AvgIpc) is 3.99. The Morgan fingerprint density at radius 2 is 1.69 bits per heavy atom. The number of nitrogens with one attached hydrogen (secondary N) is 2. The molecule has 3 amide bonds. The summed E-state index contributed by atoms with van der Waals surface area (Å²) in [5.74, 6) is 2.42. The second-order valence-electron chi connectivity index (χ2n) is 23.6. The third-order valence-corrected chi connectivity index (χ3v) is 17.9. The molecule has 8 heterocycles. The molecule has 2 aromatic heterocycles. The Morgan fingerprint density at radius 1 is 0.912 bits per heavy atom. The van der Waals surface area contributed by atoms with Gasteiger partial charge in [-0.1, -0.05) is 68.3 Å². The molecule has 6 fully saturated rings. The summed E-state index contributed by atoms with van der Waals surface area (Å²) >= 11 is 0. The lowest BCUT2D eigenvalue weighted by Crippen LogP contribution is -2.51. The molecule has 3 aromatic carbocycles. The summed E-state index contributed by atoms with van der Waals surface area (Å²) in [6.07, 6.45) is 22.8. The molecule has 5 atom stereocenters. The van der Waals surface area contributed by atoms with Gasteiger partial charge in [0, 0.05) is 81.0 Å². The maximum atomic E-state index is 16.9. The van der Waals surface area contributed by atoms with Crippen molar-refractivity contribution in [2.24, 2.45) is 17.8 Å². The van der Waals surface area contributed by atoms with Gasteiger partial charge in [0.1, 0.15) is 35.5 Å². The number of hydrogen-bond acceptors (Lipinski definition) is 12. The number of pyridine rings is 1. The maximum Gasteiger partial charge on any atom is 0.319 e. The Hall–Kier alpha value is -7.22. The van der Waals surface area contributed by atoms with Crippen LogP contribution in [0.5, 0.6) is 6.01 Å². The van der Waals surface area contributed by atoms with Crippen LogP contribution in [-0.4, -0.2) is 120 Å². The van der Waals surface area contributed by atoms with Crippen LogP contribution in [0, 0.1) is 41.7 Å². The first kappa shape index (κ1) is 54.7. The van der Waals surface area contributed by atoms with E-state index in [9.17, 15) is 18.8 Å². The van der Waals surface area contributed by atoms with E-state index in [4.69, 9.17) is 25.9 Å². The average molecular weight is 1090 g/mol. The van der Waals surface area contributed by atoms with E-state index in [1.54, 1.807) is 43.1 Å². The second kappa shape index (κ2) is 23.1. The van der Waals surface area contributed by atoms with Gasteiger partial charge in [0.05, 0.1) is 34.2 Å². The minimum Gasteiger partial charge on any atom is -0.461 e. The van der Waals surface area contributed by atoms with E-state index in [1.165, 1.54) is 37.3 Å². The van der Waals surface area contributed by atoms with Crippen LogP contribution in [0.4, 0.5) is 20.3 Å². The van der Waals surface area contributed by atoms with Gasteiger partial charge < -0.3 is 29.9 Å². The molecule has 1 saturated carbocycles. The molecular formula is C64H73F2N9O5. The van der Waals surface area contributed by atoms with Crippen LogP contribution in [0.15, 0.2) is 90.9 Å². The third kappa shape index (κ3) is 10.8. The standard InChI is InChI=1S/C38H41F2N5O2.C26H32N4O3/c1-6-28-31(39)13-12-26-8-7-9-29(32(26)28)34-33(40)35-30(17-41-34)36(44-18-23(2)10-11-24(3)19-44)43-37(42-35)47-22-38-15-14-27(21-46-5)45(38)20-25(4)16-38;1-17-5-8-23(24(31)28-17)30-25(32)21-7-6-20(15-22(21)26(30)33)29-13-10-18(11-14-29)9-12-27-16-19-3-2-4-19/h1,7-9,12-13,17,23-24,27H,4,10-11,14-16,18-22H2,2-3,5H3;6-7,15-16,18,23,27H,1-5,8-14H2,(H,28,31)/t23?,24?,27-,38-;/m0./s1. The summed E-state index contributed by atoms with van der Waals surface area (Å²) in [7, 11) is 1.73. The largest absolute Gasteiger partial charge is 0.461 e. The Bertz CT molecular complexity index is 3330. The molecule has 14 nitrogen and oxygen atoms in total. The van der Waals surface area contributed by atoms with Crippen molar-refractivity contribution in [1.29, 1.82) is 0 Å². The molecule has 12 rings (SSSR count). The number of aromatic nitrogens is 3. The van der Waals surface area contributed by atoms with Gasteiger partial charge in [-0.3, -0.25) is 29.2 Å². The number of halogens is 2. The van der Waals surface area contributed by atoms with E-state index in [1.807, 2.05) is 18.2 Å². The third-order valence-electron chi connectivity index (χ3n) is 17.9. The van der Waals surface area contributed by atoms with Crippen molar-refractivity contribution in [2.45, 2.75) is 115 Å². The normalized spacial score (nSPS) is 24.3. The van der Waals surface area contributed by atoms with Crippen molar-refractivity contribution < 1.29 is 32.6 Å². The zero-order chi connectivity index (χ0) is 55.8. The number of rotatable bonds is 13. The van der Waals surface area contributed by atoms with Crippen LogP contribution in [0.1, 0.15) is 124 Å². The van der Waals surface area contributed by atoms with Gasteiger partial charge in [0.25, 0.3) is 11.8 Å². The van der Waals surface area contributed by atoms with Crippen molar-refractivity contribution in [3.8, 4) is 29.6 Å². The van der Waals surface area contributed by atoms with Crippen LogP contribution in [-0.2, 0) is 9.53 Å². The van der Waals surface area contributed by atoms with E-state index in [0.717, 1.165) is 94.8 Å². The highest BCUT2D eigenvalue weighted by Gasteiger charge is 2.51. The number of amides is 3. The summed E-state index contributed by atoms with van der Waals surface area (Å²) < 4.78 is 43.8. The number of fused-ring (bicyclic) bond motifs is 4. The number of anilines is 2. The Morgan fingerprint density at radius 3 is 2.41 bits per heavy atom. The highest BCUT2D eigenvalue weighted by atomic mass is 19.1. The Kier molecular flexibility index (Phi) is 15.8. The predicted octanol–water partition coefficient (Wildman–Crippen LogP) is 10.5. The molecule has 80 heavy (non-hydrogen) atoms. The van der Waals surface area contributed by atoms with Gasteiger partial charge >= 0.3 is 6.01 Å². The lowest BCUT2D eigenvalue weighted by molar-refractivity contribution is -0.125. The minimum atomic E-state index is -0.768. The molecular weight excluding hydrogens is 1010 g/mol. The number of ether oxygens (including phenoxy) is 2. The van der Waals surface area contributed by atoms with Crippen molar-refractivity contribution in [2.75, 3.05) is 69.4 Å². The smallest absolute Gasteiger partial charge is 0.319 e. The number of benzene rings is 3. The van der Waals surface area contributed by atoms with E-state index < -0.39 is 17.7 Å². The molecule has 0 spiro atoms. The van der Waals surface area contributed by atoms with Gasteiger partial charge in [-0.15, -0.1) is 6.42 Å². The summed E-state index contributed by atoms with van der Waals surface area (Å²) in [6, 6.07) is 13.5. The predicted molar refractivity (Wildman–Crippen MR) is 308 cm³/mol. The van der Waals surface area contributed by atoms with Crippen molar-refractivity contribution in [3.63, 3.8) is 0 Å². The van der Waals surface area contributed by atoms with Gasteiger partial charge in [-0.2, -0.15) is 9.97 Å². The van der Waals surface area contributed by atoms with Crippen LogP contribution >= 0.6 is 0 Å². The van der Waals surface area contributed by atoms with Crippen LogP contribution < -0.4 is 25.2 Å². The Balaban J connectivity index is 0.000000179. The number of carbonyl (C=O) groups is 3. The molecule has 418 valence electrons. The lowest BCUT2D eigenvalue weighted by Gasteiger charge is -2.34. The van der Waals surface area contributed by atoms with Gasteiger partial charge in [0.15, 0.2) is 5.82 Å². The second-order valence-corrected chi connectivity index (χ2v) is 23.6. The number of imide groups is 1. The van der Waals surface area contributed by atoms with Crippen molar-refractivity contribution >= 4 is 50.9 Å². The Labute approximate surface area is 468 Å². The molecule has 6 aliphatic heterocycles. The molecule has 0 radical (unpaired) electrons. The molecule has 7 aliphatic rings. The number of piperidine rings is 2. The number of nitrogens with zero attached hydrogens (tertiary/aromatic N) is 7.